The van der Waals surface area contributed by atoms with E-state index in [9.17, 15) is 4.79 Å². The highest BCUT2D eigenvalue weighted by atomic mass is 35.5. The molecule has 0 spiro atoms. The standard InChI is InChI=1S/C8H8ClNO2/c1-4-3-6(9)5(2)7(10-4)8(11)12/h3H,1-2H3,(H,11,12). The first kappa shape index (κ1) is 9.00. The maximum Gasteiger partial charge on any atom is 0.354 e. The van der Waals surface area contributed by atoms with Crippen LogP contribution in [0.2, 0.25) is 5.02 Å². The normalized spacial score (nSPS) is 9.92. The van der Waals surface area contributed by atoms with Crippen molar-refractivity contribution in [2.75, 3.05) is 0 Å². The number of carboxylic acid groups (broad SMARTS) is 1. The number of pyridine rings is 1. The van der Waals surface area contributed by atoms with E-state index in [1.165, 1.54) is 0 Å². The Hall–Kier alpha value is -1.09. The summed E-state index contributed by atoms with van der Waals surface area (Å²) in [4.78, 5) is 14.5. The van der Waals surface area contributed by atoms with Crippen LogP contribution >= 0.6 is 11.6 Å². The van der Waals surface area contributed by atoms with Gasteiger partial charge in [0.25, 0.3) is 0 Å². The molecule has 1 N–H and O–H groups in total. The lowest BCUT2D eigenvalue weighted by Gasteiger charge is -2.02. The number of hydrogen-bond donors (Lipinski definition) is 1. The van der Waals surface area contributed by atoms with Gasteiger partial charge in [-0.2, -0.15) is 0 Å². The predicted molar refractivity (Wildman–Crippen MR) is 45.7 cm³/mol. The van der Waals surface area contributed by atoms with Gasteiger partial charge in [-0.05, 0) is 19.9 Å². The Kier molecular flexibility index (Phi) is 2.33. The van der Waals surface area contributed by atoms with Crippen LogP contribution in [-0.4, -0.2) is 16.1 Å². The third kappa shape index (κ3) is 1.56. The molecule has 0 aliphatic carbocycles. The van der Waals surface area contributed by atoms with Crippen LogP contribution in [0.4, 0.5) is 0 Å². The zero-order valence-electron chi connectivity index (χ0n) is 6.76. The zero-order valence-corrected chi connectivity index (χ0v) is 7.51. The fourth-order valence-electron chi connectivity index (χ4n) is 0.905. The molecule has 1 rings (SSSR count). The second kappa shape index (κ2) is 3.11. The van der Waals surface area contributed by atoms with Crippen LogP contribution in [0.3, 0.4) is 0 Å². The van der Waals surface area contributed by atoms with Gasteiger partial charge in [0.05, 0.1) is 0 Å². The first-order valence-corrected chi connectivity index (χ1v) is 3.77. The molecule has 0 bridgehead atoms. The molecule has 0 aliphatic heterocycles. The maximum atomic E-state index is 10.6. The van der Waals surface area contributed by atoms with Crippen molar-refractivity contribution in [3.8, 4) is 0 Å². The fraction of sp³-hybridized carbons (Fsp3) is 0.250. The molecule has 1 heterocycles. The molecule has 1 aromatic heterocycles. The van der Waals surface area contributed by atoms with Crippen LogP contribution in [0.25, 0.3) is 0 Å². The van der Waals surface area contributed by atoms with Crippen molar-refractivity contribution in [1.82, 2.24) is 4.98 Å². The number of halogens is 1. The lowest BCUT2D eigenvalue weighted by molar-refractivity contribution is 0.0689. The number of rotatable bonds is 1. The molecule has 1 aromatic rings. The van der Waals surface area contributed by atoms with E-state index in [1.54, 1.807) is 19.9 Å². The molecule has 0 fully saturated rings. The van der Waals surface area contributed by atoms with Crippen LogP contribution in [0.1, 0.15) is 21.7 Å². The van der Waals surface area contributed by atoms with Gasteiger partial charge in [-0.3, -0.25) is 0 Å². The highest BCUT2D eigenvalue weighted by molar-refractivity contribution is 6.31. The first-order chi connectivity index (χ1) is 5.52. The van der Waals surface area contributed by atoms with Crippen LogP contribution in [0.5, 0.6) is 0 Å². The Morgan fingerprint density at radius 2 is 2.17 bits per heavy atom. The summed E-state index contributed by atoms with van der Waals surface area (Å²) < 4.78 is 0. The van der Waals surface area contributed by atoms with Crippen molar-refractivity contribution in [2.45, 2.75) is 13.8 Å². The zero-order chi connectivity index (χ0) is 9.30. The minimum atomic E-state index is -1.04. The summed E-state index contributed by atoms with van der Waals surface area (Å²) in [5.74, 6) is -1.04. The van der Waals surface area contributed by atoms with Crippen LogP contribution < -0.4 is 0 Å². The molecular formula is C8H8ClNO2. The van der Waals surface area contributed by atoms with Crippen LogP contribution in [0.15, 0.2) is 6.07 Å². The summed E-state index contributed by atoms with van der Waals surface area (Å²) in [6.45, 7) is 3.34. The van der Waals surface area contributed by atoms with Crippen molar-refractivity contribution in [3.05, 3.63) is 28.0 Å². The van der Waals surface area contributed by atoms with E-state index in [-0.39, 0.29) is 5.69 Å². The van der Waals surface area contributed by atoms with Crippen molar-refractivity contribution in [2.24, 2.45) is 0 Å². The van der Waals surface area contributed by atoms with Crippen molar-refractivity contribution >= 4 is 17.6 Å². The summed E-state index contributed by atoms with van der Waals surface area (Å²) in [6.07, 6.45) is 0. The Balaban J connectivity index is 3.37. The number of aromatic nitrogens is 1. The number of aromatic carboxylic acids is 1. The SMILES string of the molecule is Cc1cc(Cl)c(C)c(C(=O)O)n1. The van der Waals surface area contributed by atoms with E-state index in [0.29, 0.717) is 16.3 Å². The minimum Gasteiger partial charge on any atom is -0.477 e. The van der Waals surface area contributed by atoms with Gasteiger partial charge in [0.2, 0.25) is 0 Å². The molecule has 4 heteroatoms. The largest absolute Gasteiger partial charge is 0.477 e. The lowest BCUT2D eigenvalue weighted by atomic mass is 10.2. The number of hydrogen-bond acceptors (Lipinski definition) is 2. The van der Waals surface area contributed by atoms with E-state index in [4.69, 9.17) is 16.7 Å². The lowest BCUT2D eigenvalue weighted by Crippen LogP contribution is -2.04. The van der Waals surface area contributed by atoms with Gasteiger partial charge in [-0.15, -0.1) is 0 Å². The topological polar surface area (TPSA) is 50.2 Å². The highest BCUT2D eigenvalue weighted by Crippen LogP contribution is 2.18. The molecule has 0 unspecified atom stereocenters. The monoisotopic (exact) mass is 185 g/mol. The summed E-state index contributed by atoms with van der Waals surface area (Å²) in [5.41, 5.74) is 1.15. The van der Waals surface area contributed by atoms with Gasteiger partial charge in [0, 0.05) is 16.3 Å². The van der Waals surface area contributed by atoms with E-state index in [1.807, 2.05) is 0 Å². The third-order valence-corrected chi connectivity index (χ3v) is 1.93. The van der Waals surface area contributed by atoms with Gasteiger partial charge >= 0.3 is 5.97 Å². The highest BCUT2D eigenvalue weighted by Gasteiger charge is 2.11. The van der Waals surface area contributed by atoms with E-state index in [0.717, 1.165) is 0 Å². The molecule has 0 radical (unpaired) electrons. The quantitative estimate of drug-likeness (QED) is 0.729. The third-order valence-electron chi connectivity index (χ3n) is 1.54. The van der Waals surface area contributed by atoms with Gasteiger partial charge < -0.3 is 5.11 Å². The van der Waals surface area contributed by atoms with Gasteiger partial charge in [0.1, 0.15) is 0 Å². The number of nitrogens with zero attached hydrogens (tertiary/aromatic N) is 1. The maximum absolute atomic E-state index is 10.6. The molecular weight excluding hydrogens is 178 g/mol. The molecule has 0 saturated carbocycles. The van der Waals surface area contributed by atoms with Gasteiger partial charge in [0.15, 0.2) is 5.69 Å². The molecule has 3 nitrogen and oxygen atoms in total. The summed E-state index contributed by atoms with van der Waals surface area (Å²) in [7, 11) is 0. The molecule has 12 heavy (non-hydrogen) atoms. The van der Waals surface area contributed by atoms with E-state index >= 15 is 0 Å². The second-order valence-corrected chi connectivity index (χ2v) is 2.93. The summed E-state index contributed by atoms with van der Waals surface area (Å²) in [6, 6.07) is 1.64. The second-order valence-electron chi connectivity index (χ2n) is 2.52. The Labute approximate surface area is 75.0 Å². The summed E-state index contributed by atoms with van der Waals surface area (Å²) in [5, 5.41) is 9.14. The average molecular weight is 186 g/mol. The molecule has 0 aliphatic rings. The van der Waals surface area contributed by atoms with Crippen LogP contribution in [-0.2, 0) is 0 Å². The van der Waals surface area contributed by atoms with Crippen molar-refractivity contribution in [3.63, 3.8) is 0 Å². The van der Waals surface area contributed by atoms with Crippen molar-refractivity contribution < 1.29 is 9.90 Å². The molecule has 0 aromatic carbocycles. The molecule has 0 saturated heterocycles. The fourth-order valence-corrected chi connectivity index (χ4v) is 1.15. The molecule has 0 amide bonds. The Morgan fingerprint density at radius 3 is 2.67 bits per heavy atom. The Morgan fingerprint density at radius 1 is 1.58 bits per heavy atom. The predicted octanol–water partition coefficient (Wildman–Crippen LogP) is 2.05. The Bertz CT molecular complexity index is 336. The average Bonchev–Trinajstić information content (AvgIpc) is 1.96. The first-order valence-electron chi connectivity index (χ1n) is 3.39. The van der Waals surface area contributed by atoms with Crippen LogP contribution in [0, 0.1) is 13.8 Å². The molecule has 64 valence electrons. The number of aryl methyl sites for hydroxylation is 1. The smallest absolute Gasteiger partial charge is 0.354 e. The van der Waals surface area contributed by atoms with Gasteiger partial charge in [-0.25, -0.2) is 9.78 Å². The molecule has 0 atom stereocenters. The van der Waals surface area contributed by atoms with E-state index < -0.39 is 5.97 Å². The minimum absolute atomic E-state index is 0.0278. The van der Waals surface area contributed by atoms with Gasteiger partial charge in [-0.1, -0.05) is 11.6 Å². The number of carboxylic acids is 1. The van der Waals surface area contributed by atoms with E-state index in [2.05, 4.69) is 4.98 Å². The van der Waals surface area contributed by atoms with Crippen molar-refractivity contribution in [1.29, 1.82) is 0 Å². The number of carbonyl (C=O) groups is 1. The summed E-state index contributed by atoms with van der Waals surface area (Å²) >= 11 is 5.76.